The highest BCUT2D eigenvalue weighted by atomic mass is 16.4. The zero-order valence-corrected chi connectivity index (χ0v) is 21.0. The number of rotatable bonds is 4. The van der Waals surface area contributed by atoms with E-state index in [0.717, 1.165) is 32.2 Å². The lowest BCUT2D eigenvalue weighted by Gasteiger charge is -2.62. The van der Waals surface area contributed by atoms with Crippen molar-refractivity contribution in [1.29, 1.82) is 0 Å². The van der Waals surface area contributed by atoms with Gasteiger partial charge in [-0.1, -0.05) is 6.42 Å². The molecular formula is C27H47NO7. The summed E-state index contributed by atoms with van der Waals surface area (Å²) in [6.45, 7) is 2.55. The van der Waals surface area contributed by atoms with E-state index in [2.05, 4.69) is 5.32 Å². The van der Waals surface area contributed by atoms with Crippen molar-refractivity contribution in [3.63, 3.8) is 0 Å². The largest absolute Gasteiger partial charge is 0.393 e. The molecule has 15 unspecified atom stereocenters. The number of aliphatic hydroxyl groups is 7. The van der Waals surface area contributed by atoms with E-state index in [9.17, 15) is 35.7 Å². The van der Waals surface area contributed by atoms with Crippen LogP contribution in [0.25, 0.3) is 0 Å². The summed E-state index contributed by atoms with van der Waals surface area (Å²) < 4.78 is 0. The maximum absolute atomic E-state index is 11.7. The maximum atomic E-state index is 11.7. The number of fused-ring (bicyclic) bond motifs is 3. The number of aliphatic hydroxyl groups excluding tert-OH is 6. The van der Waals surface area contributed by atoms with Gasteiger partial charge < -0.3 is 41.1 Å². The van der Waals surface area contributed by atoms with Crippen LogP contribution in [0.4, 0.5) is 0 Å². The summed E-state index contributed by atoms with van der Waals surface area (Å²) in [6, 6.07) is 0.550. The molecule has 8 heteroatoms. The first-order chi connectivity index (χ1) is 16.6. The van der Waals surface area contributed by atoms with Crippen LogP contribution in [0.15, 0.2) is 0 Å². The van der Waals surface area contributed by atoms with Gasteiger partial charge in [-0.3, -0.25) is 0 Å². The predicted octanol–water partition coefficient (Wildman–Crippen LogP) is 0.143. The Morgan fingerprint density at radius 1 is 0.857 bits per heavy atom. The molecule has 4 aliphatic carbocycles. The van der Waals surface area contributed by atoms with E-state index in [0.29, 0.717) is 24.8 Å². The van der Waals surface area contributed by atoms with Crippen molar-refractivity contribution in [1.82, 2.24) is 5.32 Å². The molecule has 4 saturated carbocycles. The Labute approximate surface area is 208 Å². The summed E-state index contributed by atoms with van der Waals surface area (Å²) in [5, 5.41) is 81.2. The zero-order valence-electron chi connectivity index (χ0n) is 21.0. The van der Waals surface area contributed by atoms with E-state index in [-0.39, 0.29) is 24.2 Å². The topological polar surface area (TPSA) is 154 Å². The molecule has 0 amide bonds. The van der Waals surface area contributed by atoms with E-state index < -0.39 is 60.0 Å². The van der Waals surface area contributed by atoms with Gasteiger partial charge in [0.15, 0.2) is 0 Å². The molecule has 8 nitrogen and oxygen atoms in total. The molecule has 0 spiro atoms. The third-order valence-corrected chi connectivity index (χ3v) is 11.0. The molecule has 1 aliphatic heterocycles. The van der Waals surface area contributed by atoms with Crippen LogP contribution in [0.2, 0.25) is 0 Å². The lowest BCUT2D eigenvalue weighted by Crippen LogP contribution is -2.73. The minimum atomic E-state index is -1.90. The van der Waals surface area contributed by atoms with Crippen molar-refractivity contribution in [3.8, 4) is 0 Å². The van der Waals surface area contributed by atoms with Gasteiger partial charge in [-0.25, -0.2) is 0 Å². The number of piperidine rings is 1. The SMILES string of the molecule is CC(O)C1C(O)CC2CC3CC4C(CCC5CCCCN5)CCC(O)C4C(O)C3C(O)C2(O)C1O. The average molecular weight is 498 g/mol. The van der Waals surface area contributed by atoms with Crippen LogP contribution in [0.3, 0.4) is 0 Å². The molecule has 8 N–H and O–H groups in total. The van der Waals surface area contributed by atoms with E-state index >= 15 is 0 Å². The maximum Gasteiger partial charge on any atom is 0.120 e. The first kappa shape index (κ1) is 26.3. The van der Waals surface area contributed by atoms with Crippen LogP contribution in [-0.4, -0.2) is 90.6 Å². The number of hydrogen-bond acceptors (Lipinski definition) is 8. The summed E-state index contributed by atoms with van der Waals surface area (Å²) >= 11 is 0. The van der Waals surface area contributed by atoms with Gasteiger partial charge in [0.25, 0.3) is 0 Å². The quantitative estimate of drug-likeness (QED) is 0.273. The van der Waals surface area contributed by atoms with Crippen molar-refractivity contribution in [2.45, 2.75) is 119 Å². The molecule has 1 saturated heterocycles. The minimum absolute atomic E-state index is 0.0466. The normalized spacial score (nSPS) is 55.4. The molecule has 0 bridgehead atoms. The monoisotopic (exact) mass is 497 g/mol. The van der Waals surface area contributed by atoms with Gasteiger partial charge in [0.05, 0.1) is 36.6 Å². The van der Waals surface area contributed by atoms with Crippen LogP contribution in [0.1, 0.15) is 71.1 Å². The van der Waals surface area contributed by atoms with Crippen LogP contribution < -0.4 is 5.32 Å². The second kappa shape index (κ2) is 10.1. The van der Waals surface area contributed by atoms with Crippen LogP contribution in [0, 0.1) is 41.4 Å². The second-order valence-electron chi connectivity index (χ2n) is 12.8. The molecule has 0 radical (unpaired) electrons. The summed E-state index contributed by atoms with van der Waals surface area (Å²) in [7, 11) is 0. The Kier molecular flexibility index (Phi) is 7.59. The van der Waals surface area contributed by atoms with Crippen LogP contribution in [0.5, 0.6) is 0 Å². The van der Waals surface area contributed by atoms with E-state index in [1.165, 1.54) is 26.2 Å². The number of hydrogen-bond donors (Lipinski definition) is 8. The lowest BCUT2D eigenvalue weighted by molar-refractivity contribution is -0.294. The predicted molar refractivity (Wildman–Crippen MR) is 129 cm³/mol. The Morgan fingerprint density at radius 3 is 2.31 bits per heavy atom. The zero-order chi connectivity index (χ0) is 25.1. The molecule has 5 fully saturated rings. The van der Waals surface area contributed by atoms with Crippen molar-refractivity contribution >= 4 is 0 Å². The minimum Gasteiger partial charge on any atom is -0.393 e. The molecule has 5 rings (SSSR count). The van der Waals surface area contributed by atoms with E-state index in [1.54, 1.807) is 0 Å². The van der Waals surface area contributed by atoms with Gasteiger partial charge in [0, 0.05) is 23.8 Å². The molecule has 0 aromatic carbocycles. The Bertz CT molecular complexity index is 732. The molecule has 1 heterocycles. The average Bonchev–Trinajstić information content (AvgIpc) is 2.81. The first-order valence-corrected chi connectivity index (χ1v) is 14.2. The van der Waals surface area contributed by atoms with E-state index in [4.69, 9.17) is 0 Å². The Morgan fingerprint density at radius 2 is 1.63 bits per heavy atom. The molecule has 5 aliphatic rings. The molecule has 0 aromatic heterocycles. The first-order valence-electron chi connectivity index (χ1n) is 14.2. The fraction of sp³-hybridized carbons (Fsp3) is 1.00. The summed E-state index contributed by atoms with van der Waals surface area (Å²) in [6.07, 6.45) is 2.48. The standard InChI is InChI=1S/C27H47NO7/c1-13(29)21-20(31)12-16-10-15-11-18-14(5-7-17-4-2-3-9-28-17)6-8-19(30)23(18)24(32)22(15)26(34)27(16,35)25(21)33/h13-26,28-35H,2-12H2,1H3. The second-order valence-corrected chi connectivity index (χ2v) is 12.8. The van der Waals surface area contributed by atoms with E-state index in [1.807, 2.05) is 0 Å². The highest BCUT2D eigenvalue weighted by Gasteiger charge is 2.66. The lowest BCUT2D eigenvalue weighted by atomic mass is 9.47. The highest BCUT2D eigenvalue weighted by Crippen LogP contribution is 2.58. The van der Waals surface area contributed by atoms with Crippen molar-refractivity contribution in [3.05, 3.63) is 0 Å². The molecular weight excluding hydrogens is 450 g/mol. The van der Waals surface area contributed by atoms with Crippen LogP contribution in [-0.2, 0) is 0 Å². The van der Waals surface area contributed by atoms with Gasteiger partial charge in [-0.05, 0) is 94.9 Å². The molecule has 0 aromatic rings. The third kappa shape index (κ3) is 4.40. The van der Waals surface area contributed by atoms with Gasteiger partial charge in [0.1, 0.15) is 5.60 Å². The smallest absolute Gasteiger partial charge is 0.120 e. The summed E-state index contributed by atoms with van der Waals surface area (Å²) in [5.41, 5.74) is -1.90. The third-order valence-electron chi connectivity index (χ3n) is 11.0. The Balaban J connectivity index is 1.36. The fourth-order valence-electron chi connectivity index (χ4n) is 9.26. The molecule has 35 heavy (non-hydrogen) atoms. The Hall–Kier alpha value is -0.320. The molecule has 15 atom stereocenters. The van der Waals surface area contributed by atoms with Gasteiger partial charge in [-0.15, -0.1) is 0 Å². The van der Waals surface area contributed by atoms with Crippen molar-refractivity contribution in [2.75, 3.05) is 6.54 Å². The van der Waals surface area contributed by atoms with Crippen molar-refractivity contribution in [2.24, 2.45) is 41.4 Å². The van der Waals surface area contributed by atoms with Gasteiger partial charge in [0.2, 0.25) is 0 Å². The van der Waals surface area contributed by atoms with Crippen molar-refractivity contribution < 1.29 is 35.7 Å². The number of nitrogens with one attached hydrogen (secondary N) is 1. The van der Waals surface area contributed by atoms with Gasteiger partial charge in [-0.2, -0.15) is 0 Å². The summed E-state index contributed by atoms with van der Waals surface area (Å²) in [5.74, 6) is -1.93. The fourth-order valence-corrected chi connectivity index (χ4v) is 9.26. The molecule has 202 valence electrons. The van der Waals surface area contributed by atoms with Gasteiger partial charge >= 0.3 is 0 Å². The van der Waals surface area contributed by atoms with Crippen LogP contribution >= 0.6 is 0 Å². The highest BCUT2D eigenvalue weighted by molar-refractivity contribution is 5.16. The summed E-state index contributed by atoms with van der Waals surface area (Å²) in [4.78, 5) is 0.